The summed E-state index contributed by atoms with van der Waals surface area (Å²) in [4.78, 5) is 0. The molecule has 0 radical (unpaired) electrons. The van der Waals surface area contributed by atoms with Gasteiger partial charge in [0.25, 0.3) is 0 Å². The fourth-order valence-corrected chi connectivity index (χ4v) is 12.1. The van der Waals surface area contributed by atoms with Gasteiger partial charge in [0.2, 0.25) is 0 Å². The number of hydrogen-bond acceptors (Lipinski definition) is 0. The summed E-state index contributed by atoms with van der Waals surface area (Å²) < 4.78 is 0. The van der Waals surface area contributed by atoms with E-state index >= 15 is 0 Å². The first-order valence-electron chi connectivity index (χ1n) is 4.75. The smallest absolute Gasteiger partial charge is 0.00130 e. The Morgan fingerprint density at radius 1 is 1.00 bits per heavy atom. The van der Waals surface area contributed by atoms with Gasteiger partial charge in [0, 0.05) is 5.25 Å². The van der Waals surface area contributed by atoms with Crippen LogP contribution >= 0.6 is 23.3 Å². The third kappa shape index (κ3) is 0.507. The molecule has 4 rings (SSSR count). The van der Waals surface area contributed by atoms with Gasteiger partial charge in [-0.05, 0) is 62.8 Å². The summed E-state index contributed by atoms with van der Waals surface area (Å²) in [6.45, 7) is 0. The second-order valence-electron chi connectivity index (χ2n) is 4.94. The summed E-state index contributed by atoms with van der Waals surface area (Å²) in [6.07, 6.45) is 3.24. The maximum absolute atomic E-state index is 4.09. The molecule has 0 spiro atoms. The molecular formula is C9H13BrS. The molecule has 0 aromatic rings. The SMILES string of the molecule is BrS12CC3C4CC(C3C1)C2C4. The highest BCUT2D eigenvalue weighted by molar-refractivity contribution is 9.58. The molecule has 0 aromatic carbocycles. The van der Waals surface area contributed by atoms with Crippen LogP contribution in [0.2, 0.25) is 0 Å². The van der Waals surface area contributed by atoms with Crippen molar-refractivity contribution < 1.29 is 0 Å². The highest BCUT2D eigenvalue weighted by Gasteiger charge is 2.68. The third-order valence-electron chi connectivity index (χ3n) is 4.77. The first-order chi connectivity index (χ1) is 5.28. The van der Waals surface area contributed by atoms with Crippen LogP contribution in [-0.2, 0) is 0 Å². The maximum Gasteiger partial charge on any atom is 0.00130 e. The Morgan fingerprint density at radius 3 is 2.45 bits per heavy atom. The van der Waals surface area contributed by atoms with Crippen molar-refractivity contribution in [2.75, 3.05) is 11.5 Å². The minimum atomic E-state index is -0.204. The molecule has 0 amide bonds. The number of halogens is 1. The van der Waals surface area contributed by atoms with E-state index in [2.05, 4.69) is 14.8 Å². The topological polar surface area (TPSA) is 0 Å². The highest BCUT2D eigenvalue weighted by Crippen LogP contribution is 2.84. The van der Waals surface area contributed by atoms with Crippen molar-refractivity contribution in [1.82, 2.24) is 0 Å². The van der Waals surface area contributed by atoms with Crippen molar-refractivity contribution in [3.63, 3.8) is 0 Å². The lowest BCUT2D eigenvalue weighted by Gasteiger charge is -2.42. The Kier molecular flexibility index (Phi) is 0.900. The third-order valence-corrected chi connectivity index (χ3v) is 11.3. The van der Waals surface area contributed by atoms with E-state index < -0.39 is 0 Å². The lowest BCUT2D eigenvalue weighted by molar-refractivity contribution is 0.287. The van der Waals surface area contributed by atoms with E-state index in [0.717, 1.165) is 0 Å². The van der Waals surface area contributed by atoms with Crippen molar-refractivity contribution in [3.05, 3.63) is 0 Å². The zero-order valence-electron chi connectivity index (χ0n) is 6.50. The predicted molar refractivity (Wildman–Crippen MR) is 53.2 cm³/mol. The van der Waals surface area contributed by atoms with E-state index in [1.165, 1.54) is 28.9 Å². The van der Waals surface area contributed by atoms with Crippen LogP contribution in [0.5, 0.6) is 0 Å². The lowest BCUT2D eigenvalue weighted by atomic mass is 9.81. The molecule has 11 heavy (non-hydrogen) atoms. The van der Waals surface area contributed by atoms with Crippen molar-refractivity contribution in [2.45, 2.75) is 18.1 Å². The van der Waals surface area contributed by atoms with Gasteiger partial charge >= 0.3 is 0 Å². The second kappa shape index (κ2) is 1.57. The molecule has 2 aliphatic carbocycles. The summed E-state index contributed by atoms with van der Waals surface area (Å²) in [5, 5.41) is 1.18. The second-order valence-corrected chi connectivity index (χ2v) is 11.8. The van der Waals surface area contributed by atoms with Gasteiger partial charge in [0.05, 0.1) is 0 Å². The van der Waals surface area contributed by atoms with Gasteiger partial charge in [0.15, 0.2) is 0 Å². The van der Waals surface area contributed by atoms with E-state index in [0.29, 0.717) is 0 Å². The lowest BCUT2D eigenvalue weighted by Crippen LogP contribution is -2.32. The summed E-state index contributed by atoms with van der Waals surface area (Å²) in [5.41, 5.74) is 0. The fourth-order valence-electron chi connectivity index (χ4n) is 4.49. The van der Waals surface area contributed by atoms with Crippen molar-refractivity contribution in [1.29, 1.82) is 0 Å². The van der Waals surface area contributed by atoms with Crippen molar-refractivity contribution >= 4 is 23.3 Å². The van der Waals surface area contributed by atoms with Crippen molar-refractivity contribution in [2.24, 2.45) is 23.7 Å². The predicted octanol–water partition coefficient (Wildman–Crippen LogP) is 2.77. The van der Waals surface area contributed by atoms with Gasteiger partial charge in [-0.3, -0.25) is 0 Å². The molecule has 2 saturated carbocycles. The molecule has 4 aliphatic rings. The van der Waals surface area contributed by atoms with Crippen LogP contribution in [0.1, 0.15) is 12.8 Å². The summed E-state index contributed by atoms with van der Waals surface area (Å²) in [6, 6.07) is 0. The van der Waals surface area contributed by atoms with Gasteiger partial charge in [-0.15, -0.1) is 0 Å². The van der Waals surface area contributed by atoms with Crippen LogP contribution in [0.3, 0.4) is 0 Å². The highest BCUT2D eigenvalue weighted by atomic mass is 79.9. The zero-order valence-corrected chi connectivity index (χ0v) is 8.90. The van der Waals surface area contributed by atoms with Gasteiger partial charge in [-0.2, -0.15) is 8.46 Å². The molecule has 0 N–H and O–H groups in total. The summed E-state index contributed by atoms with van der Waals surface area (Å²) in [7, 11) is -0.204. The Bertz CT molecular complexity index is 231. The largest absolute Gasteiger partial charge is 0.179 e. The molecule has 0 aromatic heterocycles. The average Bonchev–Trinajstić information content (AvgIpc) is 2.52. The number of hydrogen-bond donors (Lipinski definition) is 0. The van der Waals surface area contributed by atoms with Gasteiger partial charge in [0.1, 0.15) is 0 Å². The molecule has 0 nitrogen and oxygen atoms in total. The van der Waals surface area contributed by atoms with Gasteiger partial charge in [-0.25, -0.2) is 0 Å². The van der Waals surface area contributed by atoms with Crippen molar-refractivity contribution in [3.8, 4) is 0 Å². The van der Waals surface area contributed by atoms with E-state index in [1.54, 1.807) is 24.3 Å². The Morgan fingerprint density at radius 2 is 1.82 bits per heavy atom. The van der Waals surface area contributed by atoms with E-state index in [4.69, 9.17) is 0 Å². The quantitative estimate of drug-likeness (QED) is 0.603. The minimum Gasteiger partial charge on any atom is -0.179 e. The van der Waals surface area contributed by atoms with Crippen LogP contribution < -0.4 is 0 Å². The first kappa shape index (κ1) is 6.31. The maximum atomic E-state index is 4.09. The van der Waals surface area contributed by atoms with Crippen LogP contribution in [0.4, 0.5) is 0 Å². The minimum absolute atomic E-state index is 0.204. The zero-order chi connectivity index (χ0) is 7.22. The Hall–Kier alpha value is 0.830. The van der Waals surface area contributed by atoms with E-state index in [9.17, 15) is 0 Å². The van der Waals surface area contributed by atoms with E-state index in [1.807, 2.05) is 0 Å². The first-order valence-corrected chi connectivity index (χ1v) is 8.63. The summed E-state index contributed by atoms with van der Waals surface area (Å²) in [5.74, 6) is 8.02. The Balaban J connectivity index is 1.97. The average molecular weight is 233 g/mol. The van der Waals surface area contributed by atoms with Crippen LogP contribution in [0.25, 0.3) is 0 Å². The van der Waals surface area contributed by atoms with Gasteiger partial charge in [-0.1, -0.05) is 0 Å². The molecular weight excluding hydrogens is 220 g/mol. The number of fused-ring (bicyclic) bond motifs is 4. The van der Waals surface area contributed by atoms with Gasteiger partial charge < -0.3 is 0 Å². The monoisotopic (exact) mass is 232 g/mol. The normalized spacial score (nSPS) is 81.4. The molecule has 4 fully saturated rings. The van der Waals surface area contributed by atoms with Crippen LogP contribution in [-0.4, -0.2) is 16.8 Å². The van der Waals surface area contributed by atoms with Crippen LogP contribution in [0.15, 0.2) is 0 Å². The molecule has 4 bridgehead atoms. The molecule has 2 saturated heterocycles. The molecule has 2 heterocycles. The standard InChI is InChI=1S/C9H13BrS/c10-11-3-7-5-1-6(8(7)4-11)9(11)2-5/h5-9H,1-4H2. The van der Waals surface area contributed by atoms with E-state index in [-0.39, 0.29) is 8.46 Å². The molecule has 6 atom stereocenters. The molecule has 2 aliphatic heterocycles. The fraction of sp³-hybridized carbons (Fsp3) is 1.00. The molecule has 62 valence electrons. The Labute approximate surface area is 76.6 Å². The summed E-state index contributed by atoms with van der Waals surface area (Å²) >= 11 is 4.09. The molecule has 2 heteroatoms. The molecule has 6 unspecified atom stereocenters. The van der Waals surface area contributed by atoms with Crippen LogP contribution in [0, 0.1) is 23.7 Å². The number of rotatable bonds is 0.